The van der Waals surface area contributed by atoms with Gasteiger partial charge in [0.05, 0.1) is 19.3 Å². The molecule has 1 N–H and O–H groups in total. The van der Waals surface area contributed by atoms with Crippen LogP contribution in [0.15, 0.2) is 6.07 Å². The van der Waals surface area contributed by atoms with Gasteiger partial charge in [-0.25, -0.2) is 9.97 Å². The lowest BCUT2D eigenvalue weighted by Crippen LogP contribution is -2.45. The highest BCUT2D eigenvalue weighted by molar-refractivity contribution is 6.29. The van der Waals surface area contributed by atoms with E-state index in [2.05, 4.69) is 20.2 Å². The number of hydrogen-bond donors (Lipinski definition) is 1. The molecule has 1 aliphatic rings. The molecule has 0 aromatic carbocycles. The number of nitrogens with one attached hydrogen (secondary N) is 1. The number of halogens is 1. The van der Waals surface area contributed by atoms with E-state index < -0.39 is 0 Å². The third-order valence-electron chi connectivity index (χ3n) is 2.89. The predicted molar refractivity (Wildman–Crippen MR) is 70.7 cm³/mol. The second-order valence-electron chi connectivity index (χ2n) is 4.53. The van der Waals surface area contributed by atoms with Gasteiger partial charge in [-0.05, 0) is 20.0 Å². The highest BCUT2D eigenvalue weighted by atomic mass is 35.5. The highest BCUT2D eigenvalue weighted by Crippen LogP contribution is 2.11. The summed E-state index contributed by atoms with van der Waals surface area (Å²) in [5, 5.41) is 3.65. The van der Waals surface area contributed by atoms with Crippen molar-refractivity contribution in [1.82, 2.24) is 20.2 Å². The van der Waals surface area contributed by atoms with Crippen molar-refractivity contribution in [1.29, 1.82) is 0 Å². The Morgan fingerprint density at radius 3 is 3.11 bits per heavy atom. The van der Waals surface area contributed by atoms with Crippen LogP contribution in [0.25, 0.3) is 0 Å². The summed E-state index contributed by atoms with van der Waals surface area (Å²) in [7, 11) is 1.94. The molecule has 1 aromatic rings. The van der Waals surface area contributed by atoms with Gasteiger partial charge in [0.2, 0.25) is 0 Å². The van der Waals surface area contributed by atoms with Gasteiger partial charge in [0.15, 0.2) is 0 Å². The minimum atomic E-state index is 0.240. The molecule has 2 rings (SSSR count). The molecule has 1 aliphatic heterocycles. The zero-order chi connectivity index (χ0) is 13.0. The second-order valence-corrected chi connectivity index (χ2v) is 4.92. The Balaban J connectivity index is 1.95. The number of hydrogen-bond acceptors (Lipinski definition) is 5. The lowest BCUT2D eigenvalue weighted by Gasteiger charge is -2.32. The number of ether oxygens (including phenoxy) is 1. The second kappa shape index (κ2) is 6.43. The van der Waals surface area contributed by atoms with Crippen molar-refractivity contribution < 1.29 is 4.74 Å². The molecule has 0 amide bonds. The van der Waals surface area contributed by atoms with E-state index in [1.165, 1.54) is 0 Å². The number of morpholine rings is 1. The van der Waals surface area contributed by atoms with Gasteiger partial charge in [0.25, 0.3) is 0 Å². The van der Waals surface area contributed by atoms with Crippen LogP contribution in [-0.2, 0) is 11.3 Å². The van der Waals surface area contributed by atoms with Crippen molar-refractivity contribution in [3.63, 3.8) is 0 Å². The third kappa shape index (κ3) is 3.88. The molecule has 1 fully saturated rings. The monoisotopic (exact) mass is 270 g/mol. The first-order valence-corrected chi connectivity index (χ1v) is 6.54. The van der Waals surface area contributed by atoms with Crippen LogP contribution in [0, 0.1) is 6.92 Å². The topological polar surface area (TPSA) is 50.3 Å². The van der Waals surface area contributed by atoms with Crippen LogP contribution in [0.5, 0.6) is 0 Å². The lowest BCUT2D eigenvalue weighted by molar-refractivity contribution is -0.0298. The minimum Gasteiger partial charge on any atom is -0.374 e. The van der Waals surface area contributed by atoms with E-state index in [9.17, 15) is 0 Å². The molecule has 0 radical (unpaired) electrons. The van der Waals surface area contributed by atoms with E-state index in [-0.39, 0.29) is 6.10 Å². The molecule has 0 aliphatic carbocycles. The molecule has 0 spiro atoms. The first-order valence-electron chi connectivity index (χ1n) is 6.16. The SMILES string of the molecule is CNCC1CN(Cc2nc(C)cc(Cl)n2)CCO1. The Morgan fingerprint density at radius 2 is 2.39 bits per heavy atom. The standard InChI is InChI=1S/C12H19ClN4O/c1-9-5-11(13)16-12(15-9)8-17-3-4-18-10(7-17)6-14-2/h5,10,14H,3-4,6-8H2,1-2H3. The maximum absolute atomic E-state index is 5.94. The molecule has 1 atom stereocenters. The number of aromatic nitrogens is 2. The van der Waals surface area contributed by atoms with E-state index in [0.717, 1.165) is 44.3 Å². The fourth-order valence-electron chi connectivity index (χ4n) is 2.13. The van der Waals surface area contributed by atoms with Crippen LogP contribution in [-0.4, -0.2) is 54.3 Å². The maximum Gasteiger partial charge on any atom is 0.144 e. The fraction of sp³-hybridized carbons (Fsp3) is 0.667. The Morgan fingerprint density at radius 1 is 1.56 bits per heavy atom. The van der Waals surface area contributed by atoms with Gasteiger partial charge in [-0.2, -0.15) is 0 Å². The zero-order valence-electron chi connectivity index (χ0n) is 10.8. The van der Waals surface area contributed by atoms with E-state index in [4.69, 9.17) is 16.3 Å². The van der Waals surface area contributed by atoms with Gasteiger partial charge in [-0.15, -0.1) is 0 Å². The third-order valence-corrected chi connectivity index (χ3v) is 3.08. The molecular weight excluding hydrogens is 252 g/mol. The van der Waals surface area contributed by atoms with Gasteiger partial charge < -0.3 is 10.1 Å². The van der Waals surface area contributed by atoms with Crippen molar-refractivity contribution in [2.45, 2.75) is 19.6 Å². The lowest BCUT2D eigenvalue weighted by atomic mass is 10.2. The quantitative estimate of drug-likeness (QED) is 0.823. The van der Waals surface area contributed by atoms with Gasteiger partial charge in [0, 0.05) is 25.3 Å². The van der Waals surface area contributed by atoms with E-state index in [1.807, 2.05) is 14.0 Å². The molecule has 1 saturated heterocycles. The summed E-state index contributed by atoms with van der Waals surface area (Å²) in [6.45, 7) is 6.09. The van der Waals surface area contributed by atoms with Crippen LogP contribution >= 0.6 is 11.6 Å². The van der Waals surface area contributed by atoms with Crippen molar-refractivity contribution in [3.05, 3.63) is 22.7 Å². The van der Waals surface area contributed by atoms with Crippen LogP contribution in [0.1, 0.15) is 11.5 Å². The number of likely N-dealkylation sites (N-methyl/N-ethyl adjacent to an activating group) is 1. The normalized spacial score (nSPS) is 21.2. The molecule has 100 valence electrons. The Hall–Kier alpha value is -0.750. The number of rotatable bonds is 4. The summed E-state index contributed by atoms with van der Waals surface area (Å²) < 4.78 is 5.66. The van der Waals surface area contributed by atoms with Crippen molar-refractivity contribution >= 4 is 11.6 Å². The zero-order valence-corrected chi connectivity index (χ0v) is 11.6. The van der Waals surface area contributed by atoms with E-state index in [1.54, 1.807) is 6.07 Å². The summed E-state index contributed by atoms with van der Waals surface area (Å²) in [6, 6.07) is 1.77. The average molecular weight is 271 g/mol. The number of aryl methyl sites for hydroxylation is 1. The molecule has 1 unspecified atom stereocenters. The molecule has 0 saturated carbocycles. The van der Waals surface area contributed by atoms with Crippen LogP contribution in [0.4, 0.5) is 0 Å². The first-order chi connectivity index (χ1) is 8.67. The Bertz CT molecular complexity index is 379. The van der Waals surface area contributed by atoms with Gasteiger partial charge in [-0.1, -0.05) is 11.6 Å². The summed E-state index contributed by atoms with van der Waals surface area (Å²) in [4.78, 5) is 11.0. The largest absolute Gasteiger partial charge is 0.374 e. The Kier molecular flexibility index (Phi) is 4.88. The molecule has 6 heteroatoms. The molecule has 0 bridgehead atoms. The summed E-state index contributed by atoms with van der Waals surface area (Å²) >= 11 is 5.94. The predicted octanol–water partition coefficient (Wildman–Crippen LogP) is 0.859. The number of nitrogens with zero attached hydrogens (tertiary/aromatic N) is 3. The smallest absolute Gasteiger partial charge is 0.144 e. The van der Waals surface area contributed by atoms with Crippen molar-refractivity contribution in [2.24, 2.45) is 0 Å². The fourth-order valence-corrected chi connectivity index (χ4v) is 2.39. The van der Waals surface area contributed by atoms with Gasteiger partial charge in [0.1, 0.15) is 11.0 Å². The van der Waals surface area contributed by atoms with Gasteiger partial charge >= 0.3 is 0 Å². The summed E-state index contributed by atoms with van der Waals surface area (Å²) in [6.07, 6.45) is 0.240. The molecule has 18 heavy (non-hydrogen) atoms. The van der Waals surface area contributed by atoms with E-state index >= 15 is 0 Å². The molecule has 2 heterocycles. The molecule has 5 nitrogen and oxygen atoms in total. The maximum atomic E-state index is 5.94. The van der Waals surface area contributed by atoms with Crippen molar-refractivity contribution in [2.75, 3.05) is 33.3 Å². The van der Waals surface area contributed by atoms with Crippen LogP contribution in [0.2, 0.25) is 5.15 Å². The Labute approximate surface area is 113 Å². The average Bonchev–Trinajstić information content (AvgIpc) is 2.28. The first kappa shape index (κ1) is 13.7. The van der Waals surface area contributed by atoms with Gasteiger partial charge in [-0.3, -0.25) is 4.90 Å². The minimum absolute atomic E-state index is 0.240. The van der Waals surface area contributed by atoms with Crippen LogP contribution < -0.4 is 5.32 Å². The highest BCUT2D eigenvalue weighted by Gasteiger charge is 2.20. The summed E-state index contributed by atoms with van der Waals surface area (Å²) in [5.74, 6) is 0.783. The van der Waals surface area contributed by atoms with Crippen molar-refractivity contribution in [3.8, 4) is 0 Å². The molecular formula is C12H19ClN4O. The molecule has 1 aromatic heterocycles. The van der Waals surface area contributed by atoms with Crippen LogP contribution in [0.3, 0.4) is 0 Å². The van der Waals surface area contributed by atoms with E-state index in [0.29, 0.717) is 5.15 Å². The summed E-state index contributed by atoms with van der Waals surface area (Å²) in [5.41, 5.74) is 0.907.